The van der Waals surface area contributed by atoms with Crippen LogP contribution < -0.4 is 0 Å². The number of piperidine rings is 1. The Hall–Kier alpha value is -1.40. The number of carbonyl (C=O) groups excluding carboxylic acids is 1. The second kappa shape index (κ2) is 8.31. The lowest BCUT2D eigenvalue weighted by Crippen LogP contribution is -2.47. The van der Waals surface area contributed by atoms with Crippen LogP contribution in [0.3, 0.4) is 0 Å². The van der Waals surface area contributed by atoms with Crippen molar-refractivity contribution < 1.29 is 13.2 Å². The molecule has 0 spiro atoms. The van der Waals surface area contributed by atoms with Crippen LogP contribution in [-0.4, -0.2) is 49.7 Å². The summed E-state index contributed by atoms with van der Waals surface area (Å²) in [4.78, 5) is 15.4. The van der Waals surface area contributed by atoms with Crippen LogP contribution in [0, 0.1) is 26.7 Å². The Bertz CT molecular complexity index is 773. The minimum Gasteiger partial charge on any atom is -0.342 e. The summed E-state index contributed by atoms with van der Waals surface area (Å²) in [6, 6.07) is 3.84. The van der Waals surface area contributed by atoms with Crippen molar-refractivity contribution in [3.63, 3.8) is 0 Å². The normalized spacial score (nSPS) is 22.5. The lowest BCUT2D eigenvalue weighted by atomic mass is 9.98. The number of carbonyl (C=O) groups is 1. The number of rotatable bonds is 3. The molecule has 2 aliphatic heterocycles. The van der Waals surface area contributed by atoms with Gasteiger partial charge in [0.2, 0.25) is 15.9 Å². The third-order valence-electron chi connectivity index (χ3n) is 5.85. The van der Waals surface area contributed by atoms with Crippen LogP contribution in [0.2, 0.25) is 0 Å². The highest BCUT2D eigenvalue weighted by Gasteiger charge is 2.36. The van der Waals surface area contributed by atoms with E-state index in [1.807, 2.05) is 37.8 Å². The first-order valence-corrected chi connectivity index (χ1v) is 11.6. The highest BCUT2D eigenvalue weighted by molar-refractivity contribution is 7.89. The average Bonchev–Trinajstić information content (AvgIpc) is 2.89. The van der Waals surface area contributed by atoms with Gasteiger partial charge in [-0.1, -0.05) is 30.5 Å². The third-order valence-corrected chi connectivity index (χ3v) is 8.02. The number of nitrogens with zero attached hydrogens (tertiary/aromatic N) is 2. The Kier molecular flexibility index (Phi) is 6.26. The van der Waals surface area contributed by atoms with Crippen LogP contribution in [0.15, 0.2) is 17.0 Å². The largest absolute Gasteiger partial charge is 0.342 e. The summed E-state index contributed by atoms with van der Waals surface area (Å²) in [5.41, 5.74) is 2.64. The average molecular weight is 393 g/mol. The second-order valence-electron chi connectivity index (χ2n) is 8.17. The molecule has 5 nitrogen and oxygen atoms in total. The summed E-state index contributed by atoms with van der Waals surface area (Å²) in [6.07, 6.45) is 6.01. The fourth-order valence-corrected chi connectivity index (χ4v) is 6.55. The molecule has 1 aromatic carbocycles. The summed E-state index contributed by atoms with van der Waals surface area (Å²) >= 11 is 0. The highest BCUT2D eigenvalue weighted by Crippen LogP contribution is 2.29. The highest BCUT2D eigenvalue weighted by atomic mass is 32.2. The molecule has 2 heterocycles. The molecule has 1 aromatic rings. The van der Waals surface area contributed by atoms with Gasteiger partial charge in [-0.05, 0) is 57.6 Å². The number of hydrogen-bond donors (Lipinski definition) is 0. The number of benzene rings is 1. The van der Waals surface area contributed by atoms with Crippen LogP contribution in [0.4, 0.5) is 0 Å². The number of likely N-dealkylation sites (tertiary alicyclic amines) is 1. The molecule has 0 radical (unpaired) electrons. The fraction of sp³-hybridized carbons (Fsp3) is 0.667. The van der Waals surface area contributed by atoms with Gasteiger partial charge in [-0.2, -0.15) is 4.31 Å². The zero-order valence-electron chi connectivity index (χ0n) is 16.8. The summed E-state index contributed by atoms with van der Waals surface area (Å²) in [5, 5.41) is 0. The van der Waals surface area contributed by atoms with Crippen molar-refractivity contribution in [1.29, 1.82) is 0 Å². The van der Waals surface area contributed by atoms with Crippen molar-refractivity contribution in [2.24, 2.45) is 5.92 Å². The Morgan fingerprint density at radius 2 is 1.52 bits per heavy atom. The monoisotopic (exact) mass is 392 g/mol. The first-order chi connectivity index (χ1) is 12.8. The molecular formula is C21H32N2O3S. The standard InChI is InChI=1S/C21H32N2O3S/c1-16-13-17(2)20(18(3)14-16)27(25,26)23-12-8-9-19(15-23)21(24)22-10-6-4-5-7-11-22/h13-14,19H,4-12,15H2,1-3H3/t19-/m1/s1. The van der Waals surface area contributed by atoms with Gasteiger partial charge in [0.15, 0.2) is 0 Å². The van der Waals surface area contributed by atoms with Crippen molar-refractivity contribution >= 4 is 15.9 Å². The lowest BCUT2D eigenvalue weighted by molar-refractivity contribution is -0.136. The lowest BCUT2D eigenvalue weighted by Gasteiger charge is -2.34. The minimum absolute atomic E-state index is 0.147. The molecule has 3 rings (SSSR count). The fourth-order valence-electron chi connectivity index (χ4n) is 4.61. The topological polar surface area (TPSA) is 57.7 Å². The Labute approximate surface area is 163 Å². The van der Waals surface area contributed by atoms with Crippen molar-refractivity contribution in [2.45, 2.75) is 64.2 Å². The van der Waals surface area contributed by atoms with Crippen LogP contribution in [0.5, 0.6) is 0 Å². The quantitative estimate of drug-likeness (QED) is 0.792. The van der Waals surface area contributed by atoms with Crippen molar-refractivity contribution in [1.82, 2.24) is 9.21 Å². The molecule has 150 valence electrons. The maximum absolute atomic E-state index is 13.3. The molecule has 0 aliphatic carbocycles. The van der Waals surface area contributed by atoms with Gasteiger partial charge in [0.05, 0.1) is 10.8 Å². The maximum Gasteiger partial charge on any atom is 0.243 e. The molecule has 6 heteroatoms. The summed E-state index contributed by atoms with van der Waals surface area (Å²) in [6.45, 7) is 8.14. The molecule has 27 heavy (non-hydrogen) atoms. The smallest absolute Gasteiger partial charge is 0.243 e. The SMILES string of the molecule is Cc1cc(C)c(S(=O)(=O)N2CCC[C@@H](C(=O)N3CCCCCC3)C2)c(C)c1. The van der Waals surface area contributed by atoms with E-state index in [0.29, 0.717) is 18.0 Å². The summed E-state index contributed by atoms with van der Waals surface area (Å²) in [7, 11) is -3.58. The Morgan fingerprint density at radius 1 is 0.926 bits per heavy atom. The molecule has 0 N–H and O–H groups in total. The van der Waals surface area contributed by atoms with Crippen molar-refractivity contribution in [3.05, 3.63) is 28.8 Å². The third kappa shape index (κ3) is 4.37. The van der Waals surface area contributed by atoms with Gasteiger partial charge in [-0.3, -0.25) is 4.79 Å². The number of aryl methyl sites for hydroxylation is 3. The van der Waals surface area contributed by atoms with Crippen LogP contribution >= 0.6 is 0 Å². The molecule has 0 unspecified atom stereocenters. The molecule has 1 atom stereocenters. The summed E-state index contributed by atoms with van der Waals surface area (Å²) < 4.78 is 28.2. The van der Waals surface area contributed by atoms with Gasteiger partial charge in [0.25, 0.3) is 0 Å². The van der Waals surface area contributed by atoms with E-state index in [1.165, 1.54) is 12.8 Å². The van der Waals surface area contributed by atoms with Crippen LogP contribution in [0.25, 0.3) is 0 Å². The van der Waals surface area contributed by atoms with E-state index in [0.717, 1.165) is 55.5 Å². The van der Waals surface area contributed by atoms with E-state index in [4.69, 9.17) is 0 Å². The molecule has 0 bridgehead atoms. The van der Waals surface area contributed by atoms with Gasteiger partial charge in [-0.15, -0.1) is 0 Å². The first kappa shape index (κ1) is 20.3. The summed E-state index contributed by atoms with van der Waals surface area (Å²) in [5.74, 6) is -0.0631. The van der Waals surface area contributed by atoms with Gasteiger partial charge < -0.3 is 4.90 Å². The van der Waals surface area contributed by atoms with E-state index in [9.17, 15) is 13.2 Å². The zero-order valence-corrected chi connectivity index (χ0v) is 17.6. The molecule has 1 amide bonds. The predicted octanol–water partition coefficient (Wildman–Crippen LogP) is 3.42. The number of sulfonamides is 1. The zero-order chi connectivity index (χ0) is 19.6. The van der Waals surface area contributed by atoms with Gasteiger partial charge >= 0.3 is 0 Å². The molecule has 2 fully saturated rings. The van der Waals surface area contributed by atoms with Crippen LogP contribution in [0.1, 0.15) is 55.2 Å². The number of hydrogen-bond acceptors (Lipinski definition) is 3. The van der Waals surface area contributed by atoms with Crippen molar-refractivity contribution in [3.8, 4) is 0 Å². The predicted molar refractivity (Wildman–Crippen MR) is 107 cm³/mol. The molecule has 0 saturated carbocycles. The number of amides is 1. The van der Waals surface area contributed by atoms with Gasteiger partial charge in [-0.25, -0.2) is 8.42 Å². The van der Waals surface area contributed by atoms with Crippen LogP contribution in [-0.2, 0) is 14.8 Å². The van der Waals surface area contributed by atoms with Crippen molar-refractivity contribution in [2.75, 3.05) is 26.2 Å². The molecular weight excluding hydrogens is 360 g/mol. The molecule has 2 aliphatic rings. The van der Waals surface area contributed by atoms with E-state index in [2.05, 4.69) is 0 Å². The Morgan fingerprint density at radius 3 is 2.11 bits per heavy atom. The maximum atomic E-state index is 13.3. The van der Waals surface area contributed by atoms with Gasteiger partial charge in [0.1, 0.15) is 0 Å². The second-order valence-corrected chi connectivity index (χ2v) is 10.0. The van der Waals surface area contributed by atoms with E-state index in [-0.39, 0.29) is 11.8 Å². The van der Waals surface area contributed by atoms with E-state index in [1.54, 1.807) is 4.31 Å². The van der Waals surface area contributed by atoms with Gasteiger partial charge in [0, 0.05) is 26.2 Å². The van der Waals surface area contributed by atoms with E-state index < -0.39 is 10.0 Å². The van der Waals surface area contributed by atoms with E-state index >= 15 is 0 Å². The first-order valence-electron chi connectivity index (χ1n) is 10.2. The minimum atomic E-state index is -3.58. The molecule has 0 aromatic heterocycles. The Balaban J connectivity index is 1.80. The molecule has 2 saturated heterocycles.